The number of methoxy groups -OCH3 is 1. The number of carbonyl (C=O) groups excluding carboxylic acids is 1. The fourth-order valence-electron chi connectivity index (χ4n) is 9.90. The molecule has 4 aromatic rings. The van der Waals surface area contributed by atoms with Crippen LogP contribution >= 0.6 is 0 Å². The van der Waals surface area contributed by atoms with Gasteiger partial charge in [-0.05, 0) is 64.8 Å². The van der Waals surface area contributed by atoms with Crippen LogP contribution in [0.5, 0.6) is 11.9 Å². The van der Waals surface area contributed by atoms with Crippen LogP contribution in [0.2, 0.25) is 0 Å². The van der Waals surface area contributed by atoms with Gasteiger partial charge in [0, 0.05) is 37.7 Å². The first-order valence-corrected chi connectivity index (χ1v) is 18.9. The molecule has 0 radical (unpaired) electrons. The van der Waals surface area contributed by atoms with Gasteiger partial charge in [-0.3, -0.25) is 9.80 Å². The molecular formula is C42H44F2N6O5. The van der Waals surface area contributed by atoms with Gasteiger partial charge in [0.15, 0.2) is 5.82 Å². The van der Waals surface area contributed by atoms with E-state index in [-0.39, 0.29) is 59.6 Å². The minimum absolute atomic E-state index is 0.00330. The van der Waals surface area contributed by atoms with Gasteiger partial charge in [-0.15, -0.1) is 6.42 Å². The molecule has 1 amide bonds. The number of hydrogen-bond donors (Lipinski definition) is 0. The molecule has 7 heterocycles. The normalized spacial score (nSPS) is 27.2. The molecule has 5 aliphatic heterocycles. The number of halogens is 2. The lowest BCUT2D eigenvalue weighted by atomic mass is 9.91. The van der Waals surface area contributed by atoms with Crippen molar-refractivity contribution in [2.75, 3.05) is 38.3 Å². The lowest BCUT2D eigenvalue weighted by Crippen LogP contribution is -2.65. The van der Waals surface area contributed by atoms with E-state index in [1.165, 1.54) is 6.07 Å². The summed E-state index contributed by atoms with van der Waals surface area (Å²) in [4.78, 5) is 34.6. The average Bonchev–Trinajstić information content (AvgIpc) is 3.73. The number of benzene rings is 2. The Bertz CT molecular complexity index is 2320. The molecule has 55 heavy (non-hydrogen) atoms. The van der Waals surface area contributed by atoms with Crippen molar-refractivity contribution in [3.63, 3.8) is 0 Å². The Labute approximate surface area is 318 Å². The maximum Gasteiger partial charge on any atom is 0.410 e. The van der Waals surface area contributed by atoms with Crippen LogP contribution in [-0.4, -0.2) is 106 Å². The number of nitrogens with zero attached hydrogens (tertiary/aromatic N) is 6. The van der Waals surface area contributed by atoms with Gasteiger partial charge in [-0.1, -0.05) is 42.3 Å². The molecule has 1 unspecified atom stereocenters. The molecule has 4 fully saturated rings. The molecule has 286 valence electrons. The van der Waals surface area contributed by atoms with Gasteiger partial charge < -0.3 is 23.8 Å². The van der Waals surface area contributed by atoms with E-state index in [1.54, 1.807) is 31.4 Å². The van der Waals surface area contributed by atoms with Gasteiger partial charge in [0.25, 0.3) is 0 Å². The van der Waals surface area contributed by atoms with E-state index < -0.39 is 34.9 Å². The van der Waals surface area contributed by atoms with Crippen molar-refractivity contribution >= 4 is 33.6 Å². The fraction of sp³-hybridized carbons (Fsp3) is 0.476. The molecule has 0 N–H and O–H groups in total. The highest BCUT2D eigenvalue weighted by molar-refractivity contribution is 6.03. The number of aromatic nitrogens is 3. The number of fused-ring (bicyclic) bond motifs is 7. The van der Waals surface area contributed by atoms with Crippen molar-refractivity contribution in [3.05, 3.63) is 59.7 Å². The van der Waals surface area contributed by atoms with E-state index in [1.807, 2.05) is 32.6 Å². The second-order valence-electron chi connectivity index (χ2n) is 16.5. The second-order valence-corrected chi connectivity index (χ2v) is 16.5. The van der Waals surface area contributed by atoms with E-state index in [0.717, 1.165) is 37.9 Å². The summed E-state index contributed by atoms with van der Waals surface area (Å²) in [6.45, 7) is 13.9. The summed E-state index contributed by atoms with van der Waals surface area (Å²) in [6, 6.07) is 7.25. The van der Waals surface area contributed by atoms with E-state index in [4.69, 9.17) is 40.3 Å². The van der Waals surface area contributed by atoms with Crippen molar-refractivity contribution in [2.45, 2.75) is 94.9 Å². The molecule has 13 heteroatoms. The quantitative estimate of drug-likeness (QED) is 0.163. The molecular weight excluding hydrogens is 706 g/mol. The number of terminal acetylenes is 1. The molecule has 0 spiro atoms. The monoisotopic (exact) mass is 750 g/mol. The fourth-order valence-corrected chi connectivity index (χ4v) is 9.90. The molecule has 2 aromatic carbocycles. The third-order valence-corrected chi connectivity index (χ3v) is 12.1. The van der Waals surface area contributed by atoms with Gasteiger partial charge in [-0.25, -0.2) is 18.6 Å². The van der Waals surface area contributed by atoms with Crippen molar-refractivity contribution < 1.29 is 32.5 Å². The van der Waals surface area contributed by atoms with Gasteiger partial charge in [-0.2, -0.15) is 9.97 Å². The third kappa shape index (κ3) is 5.51. The zero-order valence-electron chi connectivity index (χ0n) is 31.7. The molecule has 5 aliphatic rings. The predicted octanol–water partition coefficient (Wildman–Crippen LogP) is 6.64. The van der Waals surface area contributed by atoms with Crippen molar-refractivity contribution in [1.82, 2.24) is 24.8 Å². The lowest BCUT2D eigenvalue weighted by Gasteiger charge is -2.48. The summed E-state index contributed by atoms with van der Waals surface area (Å²) in [5.41, 5.74) is 0.0973. The summed E-state index contributed by atoms with van der Waals surface area (Å²) in [5.74, 6) is 1.65. The Hall–Kier alpha value is -5.06. The Morgan fingerprint density at radius 1 is 1.13 bits per heavy atom. The Kier molecular flexibility index (Phi) is 8.26. The van der Waals surface area contributed by atoms with Gasteiger partial charge >= 0.3 is 12.1 Å². The summed E-state index contributed by atoms with van der Waals surface area (Å²) >= 11 is 0. The zero-order chi connectivity index (χ0) is 38.6. The van der Waals surface area contributed by atoms with Crippen LogP contribution in [0.15, 0.2) is 42.5 Å². The number of anilines is 1. The highest BCUT2D eigenvalue weighted by Gasteiger charge is 2.55. The Morgan fingerprint density at radius 2 is 1.95 bits per heavy atom. The molecule has 9 rings (SSSR count). The first-order chi connectivity index (χ1) is 26.3. The second kappa shape index (κ2) is 12.7. The highest BCUT2D eigenvalue weighted by Crippen LogP contribution is 2.48. The summed E-state index contributed by atoms with van der Waals surface area (Å²) in [5, 5.41) is 1.27. The molecule has 11 nitrogen and oxygen atoms in total. The molecule has 0 aliphatic carbocycles. The number of rotatable bonds is 5. The summed E-state index contributed by atoms with van der Waals surface area (Å²) in [6.07, 6.45) is 7.82. The van der Waals surface area contributed by atoms with Crippen LogP contribution in [0.25, 0.3) is 32.9 Å². The van der Waals surface area contributed by atoms with Crippen molar-refractivity contribution in [2.24, 2.45) is 0 Å². The van der Waals surface area contributed by atoms with E-state index in [0.29, 0.717) is 40.5 Å². The predicted molar refractivity (Wildman–Crippen MR) is 203 cm³/mol. The van der Waals surface area contributed by atoms with Crippen molar-refractivity contribution in [3.8, 4) is 35.5 Å². The largest absolute Gasteiger partial charge is 0.472 e. The smallest absolute Gasteiger partial charge is 0.410 e. The Balaban J connectivity index is 1.22. The minimum Gasteiger partial charge on any atom is -0.472 e. The number of ether oxygens (including phenoxy) is 4. The van der Waals surface area contributed by atoms with Crippen LogP contribution in [0, 0.1) is 24.0 Å². The number of hydrogen-bond acceptors (Lipinski definition) is 10. The Morgan fingerprint density at radius 3 is 2.71 bits per heavy atom. The van der Waals surface area contributed by atoms with Crippen LogP contribution in [-0.2, 0) is 9.47 Å². The molecule has 6 atom stereocenters. The SMILES string of the molecule is C#Cc1c(F)ccc2cccc(-c3nc4c5c(nc(OCC67CC(=C)CN6CC[C@@H]7OC)nc5c3F)N3C[C@H]5CC[C@@H]([C@H]3[C@H](C)O4)N5C(=O)OC(C)(C)C)c12. The van der Waals surface area contributed by atoms with Gasteiger partial charge in [0.1, 0.15) is 46.5 Å². The van der Waals surface area contributed by atoms with Crippen LogP contribution in [0.3, 0.4) is 0 Å². The van der Waals surface area contributed by atoms with Crippen LogP contribution in [0.4, 0.5) is 19.4 Å². The van der Waals surface area contributed by atoms with Gasteiger partial charge in [0.05, 0.1) is 35.3 Å². The molecule has 2 aromatic heterocycles. The van der Waals surface area contributed by atoms with E-state index in [2.05, 4.69) is 22.3 Å². The number of amides is 1. The first-order valence-electron chi connectivity index (χ1n) is 18.9. The molecule has 4 saturated heterocycles. The third-order valence-electron chi connectivity index (χ3n) is 12.1. The van der Waals surface area contributed by atoms with Crippen LogP contribution < -0.4 is 14.4 Å². The van der Waals surface area contributed by atoms with E-state index in [9.17, 15) is 4.79 Å². The summed E-state index contributed by atoms with van der Waals surface area (Å²) in [7, 11) is 1.71. The first kappa shape index (κ1) is 35.6. The standard InChI is InChI=1S/C42H44F2N6O5/c1-8-26-28(43)14-12-24-10-9-11-27(31(24)26)34-33(44)35-32-37(47-39(46-35)53-21-42-18-22(2)19-48(42)17-16-30(42)52-7)49-20-25-13-15-29(36(49)23(3)54-38(32)45-34)50(25)40(51)55-41(4,5)6/h1,9-12,14,23,25,29-30,36H,2,13,15-21H2,3-7H3/t23-,25+,29-,30-,36+,42?/m0/s1. The minimum atomic E-state index is -0.748. The maximum atomic E-state index is 17.5. The zero-order valence-corrected chi connectivity index (χ0v) is 31.7. The number of piperazine rings is 1. The van der Waals surface area contributed by atoms with Crippen LogP contribution in [0.1, 0.15) is 58.9 Å². The number of carbonyl (C=O) groups is 1. The summed E-state index contributed by atoms with van der Waals surface area (Å²) < 4.78 is 57.7. The van der Waals surface area contributed by atoms with Crippen molar-refractivity contribution in [1.29, 1.82) is 0 Å². The van der Waals surface area contributed by atoms with E-state index >= 15 is 8.78 Å². The molecule has 0 saturated carbocycles. The highest BCUT2D eigenvalue weighted by atomic mass is 19.1. The number of pyridine rings is 1. The maximum absolute atomic E-state index is 17.5. The average molecular weight is 751 g/mol. The lowest BCUT2D eigenvalue weighted by molar-refractivity contribution is -0.0120. The van der Waals surface area contributed by atoms with Gasteiger partial charge in [0.2, 0.25) is 5.88 Å². The topological polar surface area (TPSA) is 102 Å². The molecule has 2 bridgehead atoms.